The molecule has 0 unspecified atom stereocenters. The van der Waals surface area contributed by atoms with Crippen molar-refractivity contribution < 1.29 is 0 Å². The smallest absolute Gasteiger partial charge is 0.262 e. The van der Waals surface area contributed by atoms with E-state index in [0.29, 0.717) is 22.8 Å². The van der Waals surface area contributed by atoms with Gasteiger partial charge in [-0.3, -0.25) is 9.36 Å². The lowest BCUT2D eigenvalue weighted by Crippen LogP contribution is -2.22. The van der Waals surface area contributed by atoms with Crippen LogP contribution in [0.1, 0.15) is 0 Å². The van der Waals surface area contributed by atoms with E-state index in [1.54, 1.807) is 16.7 Å². The van der Waals surface area contributed by atoms with Gasteiger partial charge in [-0.1, -0.05) is 52.5 Å². The number of hydrogen-bond acceptors (Lipinski definition) is 3. The predicted molar refractivity (Wildman–Crippen MR) is 85.0 cm³/mol. The number of hydrogen-bond donors (Lipinski definition) is 0. The molecule has 98 valence electrons. The molecule has 0 saturated carbocycles. The zero-order valence-corrected chi connectivity index (χ0v) is 12.7. The van der Waals surface area contributed by atoms with E-state index < -0.39 is 0 Å². The molecule has 0 aliphatic rings. The average Bonchev–Trinajstić information content (AvgIpc) is 2.40. The number of para-hydroxylation sites is 1. The fourth-order valence-corrected chi connectivity index (χ4v) is 2.80. The van der Waals surface area contributed by atoms with E-state index in [1.807, 2.05) is 18.2 Å². The van der Waals surface area contributed by atoms with Crippen molar-refractivity contribution >= 4 is 38.6 Å². The summed E-state index contributed by atoms with van der Waals surface area (Å²) < 4.78 is 2.50. The third kappa shape index (κ3) is 3.16. The largest absolute Gasteiger partial charge is 0.283 e. The second kappa shape index (κ2) is 6.21. The minimum atomic E-state index is -0.0341. The fraction of sp³-hybridized carbons (Fsp3) is 0.143. The molecule has 2 aromatic rings. The molecule has 1 aromatic carbocycles. The van der Waals surface area contributed by atoms with Crippen molar-refractivity contribution in [1.29, 1.82) is 0 Å². The van der Waals surface area contributed by atoms with Crippen LogP contribution in [0.2, 0.25) is 0 Å². The van der Waals surface area contributed by atoms with Crippen molar-refractivity contribution in [1.82, 2.24) is 9.55 Å². The SMILES string of the molecule is C=CCn1c(SCC(=C)Br)nc2ccccc2c1=O. The maximum Gasteiger partial charge on any atom is 0.262 e. The molecule has 0 aliphatic carbocycles. The van der Waals surface area contributed by atoms with Gasteiger partial charge in [0.05, 0.1) is 10.9 Å². The van der Waals surface area contributed by atoms with Crippen molar-refractivity contribution in [3.63, 3.8) is 0 Å². The van der Waals surface area contributed by atoms with Crippen molar-refractivity contribution in [3.05, 3.63) is 58.3 Å². The van der Waals surface area contributed by atoms with Crippen LogP contribution in [0.25, 0.3) is 10.9 Å². The maximum absolute atomic E-state index is 12.4. The topological polar surface area (TPSA) is 34.9 Å². The Hall–Kier alpha value is -1.33. The Balaban J connectivity index is 2.59. The van der Waals surface area contributed by atoms with Gasteiger partial charge in [0.1, 0.15) is 0 Å². The number of rotatable bonds is 5. The highest BCUT2D eigenvalue weighted by molar-refractivity contribution is 9.11. The Morgan fingerprint density at radius 2 is 2.21 bits per heavy atom. The number of thioether (sulfide) groups is 1. The van der Waals surface area contributed by atoms with Crippen molar-refractivity contribution in [2.24, 2.45) is 0 Å². The quantitative estimate of drug-likeness (QED) is 0.475. The van der Waals surface area contributed by atoms with Gasteiger partial charge in [-0.25, -0.2) is 4.98 Å². The lowest BCUT2D eigenvalue weighted by atomic mass is 10.2. The summed E-state index contributed by atoms with van der Waals surface area (Å²) in [7, 11) is 0. The molecule has 3 nitrogen and oxygen atoms in total. The van der Waals surface area contributed by atoms with Crippen LogP contribution in [0.15, 0.2) is 57.9 Å². The molecule has 0 radical (unpaired) electrons. The Bertz CT molecular complexity index is 693. The monoisotopic (exact) mass is 336 g/mol. The summed E-state index contributed by atoms with van der Waals surface area (Å²) in [6, 6.07) is 7.37. The van der Waals surface area contributed by atoms with Gasteiger partial charge in [0, 0.05) is 12.3 Å². The number of benzene rings is 1. The molecule has 0 spiro atoms. The molecular formula is C14H13BrN2OS. The van der Waals surface area contributed by atoms with Gasteiger partial charge in [-0.15, -0.1) is 6.58 Å². The van der Waals surface area contributed by atoms with Crippen LogP contribution in [0.5, 0.6) is 0 Å². The summed E-state index contributed by atoms with van der Waals surface area (Å²) >= 11 is 4.79. The van der Waals surface area contributed by atoms with Gasteiger partial charge in [0.25, 0.3) is 5.56 Å². The summed E-state index contributed by atoms with van der Waals surface area (Å²) in [5, 5.41) is 1.32. The third-order valence-electron chi connectivity index (χ3n) is 2.50. The molecule has 1 aromatic heterocycles. The second-order valence-corrected chi connectivity index (χ2v) is 5.99. The molecule has 0 atom stereocenters. The Morgan fingerprint density at radius 1 is 1.47 bits per heavy atom. The van der Waals surface area contributed by atoms with Crippen LogP contribution >= 0.6 is 27.7 Å². The highest BCUT2D eigenvalue weighted by Gasteiger charge is 2.10. The van der Waals surface area contributed by atoms with Gasteiger partial charge >= 0.3 is 0 Å². The number of halogens is 1. The number of allylic oxidation sites excluding steroid dienone is 1. The van der Waals surface area contributed by atoms with E-state index in [4.69, 9.17) is 0 Å². The highest BCUT2D eigenvalue weighted by atomic mass is 79.9. The van der Waals surface area contributed by atoms with Gasteiger partial charge in [0.15, 0.2) is 5.16 Å². The van der Waals surface area contributed by atoms with Gasteiger partial charge in [-0.05, 0) is 16.6 Å². The highest BCUT2D eigenvalue weighted by Crippen LogP contribution is 2.21. The molecule has 1 heterocycles. The first-order valence-corrected chi connectivity index (χ1v) is 7.48. The normalized spacial score (nSPS) is 10.6. The van der Waals surface area contributed by atoms with Gasteiger partial charge in [-0.2, -0.15) is 0 Å². The maximum atomic E-state index is 12.4. The van der Waals surface area contributed by atoms with E-state index in [1.165, 1.54) is 11.8 Å². The Kier molecular flexibility index (Phi) is 4.61. The summed E-state index contributed by atoms with van der Waals surface area (Å²) in [5.74, 6) is 0.669. The van der Waals surface area contributed by atoms with Crippen LogP contribution < -0.4 is 5.56 Å². The molecular weight excluding hydrogens is 324 g/mol. The Morgan fingerprint density at radius 3 is 2.89 bits per heavy atom. The molecule has 0 saturated heterocycles. The van der Waals surface area contributed by atoms with Crippen LogP contribution in [0, 0.1) is 0 Å². The predicted octanol–water partition coefficient (Wildman–Crippen LogP) is 3.58. The Labute approximate surface area is 124 Å². The minimum Gasteiger partial charge on any atom is -0.283 e. The lowest BCUT2D eigenvalue weighted by molar-refractivity contribution is 0.672. The third-order valence-corrected chi connectivity index (χ3v) is 4.21. The van der Waals surface area contributed by atoms with E-state index >= 15 is 0 Å². The fourth-order valence-electron chi connectivity index (χ4n) is 1.69. The van der Waals surface area contributed by atoms with E-state index in [2.05, 4.69) is 34.1 Å². The second-order valence-electron chi connectivity index (χ2n) is 3.92. The molecule has 0 bridgehead atoms. The van der Waals surface area contributed by atoms with E-state index in [0.717, 1.165) is 10.00 Å². The molecule has 5 heteroatoms. The van der Waals surface area contributed by atoms with Crippen LogP contribution in [0.4, 0.5) is 0 Å². The first kappa shape index (κ1) is 14.1. The lowest BCUT2D eigenvalue weighted by Gasteiger charge is -2.10. The molecule has 2 rings (SSSR count). The summed E-state index contributed by atoms with van der Waals surface area (Å²) in [6.07, 6.45) is 1.70. The number of nitrogens with zero attached hydrogens (tertiary/aromatic N) is 2. The van der Waals surface area contributed by atoms with Gasteiger partial charge < -0.3 is 0 Å². The first-order valence-electron chi connectivity index (χ1n) is 5.70. The van der Waals surface area contributed by atoms with Crippen molar-refractivity contribution in [2.75, 3.05) is 5.75 Å². The van der Waals surface area contributed by atoms with Crippen molar-refractivity contribution in [2.45, 2.75) is 11.7 Å². The van der Waals surface area contributed by atoms with Gasteiger partial charge in [0.2, 0.25) is 0 Å². The molecule has 0 N–H and O–H groups in total. The molecule has 19 heavy (non-hydrogen) atoms. The summed E-state index contributed by atoms with van der Waals surface area (Å²) in [5.41, 5.74) is 0.684. The van der Waals surface area contributed by atoms with Crippen molar-refractivity contribution in [3.8, 4) is 0 Å². The van der Waals surface area contributed by atoms with Crippen LogP contribution in [-0.4, -0.2) is 15.3 Å². The minimum absolute atomic E-state index is 0.0341. The molecule has 0 aliphatic heterocycles. The standard InChI is InChI=1S/C14H13BrN2OS/c1-3-8-17-13(18)11-6-4-5-7-12(11)16-14(17)19-9-10(2)15/h3-7H,1-2,8-9H2. The zero-order chi connectivity index (χ0) is 13.8. The summed E-state index contributed by atoms with van der Waals surface area (Å²) in [6.45, 7) is 7.93. The van der Waals surface area contributed by atoms with E-state index in [-0.39, 0.29) is 5.56 Å². The average molecular weight is 337 g/mol. The van der Waals surface area contributed by atoms with Crippen LogP contribution in [0.3, 0.4) is 0 Å². The molecule has 0 amide bonds. The van der Waals surface area contributed by atoms with E-state index in [9.17, 15) is 4.79 Å². The zero-order valence-electron chi connectivity index (χ0n) is 10.3. The number of aromatic nitrogens is 2. The van der Waals surface area contributed by atoms with Crippen LogP contribution in [-0.2, 0) is 6.54 Å². The molecule has 0 fully saturated rings. The number of fused-ring (bicyclic) bond motifs is 1. The summed E-state index contributed by atoms with van der Waals surface area (Å²) in [4.78, 5) is 17.0. The first-order chi connectivity index (χ1) is 9.13.